The minimum atomic E-state index is -0.708. The minimum absolute atomic E-state index is 0.151. The fourth-order valence-electron chi connectivity index (χ4n) is 5.42. The summed E-state index contributed by atoms with van der Waals surface area (Å²) in [6, 6.07) is 10.5. The van der Waals surface area contributed by atoms with Crippen LogP contribution in [0.3, 0.4) is 0 Å². The number of fused-ring (bicyclic) bond motifs is 2. The summed E-state index contributed by atoms with van der Waals surface area (Å²) >= 11 is 0. The van der Waals surface area contributed by atoms with Crippen LogP contribution in [0.4, 0.5) is 21.6 Å². The third-order valence-corrected chi connectivity index (χ3v) is 7.51. The minimum Gasteiger partial charge on any atom is -0.390 e. The molecule has 9 heteroatoms. The first-order valence-corrected chi connectivity index (χ1v) is 12.6. The topological polar surface area (TPSA) is 94.8 Å². The molecule has 3 aromatic heterocycles. The van der Waals surface area contributed by atoms with Gasteiger partial charge in [0.2, 0.25) is 0 Å². The summed E-state index contributed by atoms with van der Waals surface area (Å²) in [7, 11) is 0. The SMILES string of the molecule is CC(C)(O)[C@@H]1CCCN(c2ccc(Nc3ccc(-c4cnc5cc(F)ccn45)c4c3C(=O)NC4)nc2)C1. The van der Waals surface area contributed by atoms with E-state index in [0.717, 1.165) is 48.4 Å². The summed E-state index contributed by atoms with van der Waals surface area (Å²) in [5, 5.41) is 16.7. The highest BCUT2D eigenvalue weighted by molar-refractivity contribution is 6.06. The molecule has 0 bridgehead atoms. The highest BCUT2D eigenvalue weighted by Gasteiger charge is 2.31. The van der Waals surface area contributed by atoms with Crippen molar-refractivity contribution in [1.82, 2.24) is 19.7 Å². The maximum atomic E-state index is 13.6. The van der Waals surface area contributed by atoms with Crippen molar-refractivity contribution < 1.29 is 14.3 Å². The first-order chi connectivity index (χ1) is 17.8. The number of aromatic nitrogens is 3. The molecule has 0 unspecified atom stereocenters. The molecule has 1 amide bonds. The number of nitrogens with zero attached hydrogens (tertiary/aromatic N) is 4. The Labute approximate surface area is 214 Å². The molecular formula is C28H29FN6O2. The van der Waals surface area contributed by atoms with Crippen molar-refractivity contribution in [1.29, 1.82) is 0 Å². The molecule has 37 heavy (non-hydrogen) atoms. The van der Waals surface area contributed by atoms with Crippen LogP contribution in [-0.2, 0) is 6.54 Å². The Bertz CT molecular complexity index is 1490. The molecule has 6 rings (SSSR count). The van der Waals surface area contributed by atoms with E-state index in [1.165, 1.54) is 12.1 Å². The normalized spacial score (nSPS) is 17.7. The van der Waals surface area contributed by atoms with Crippen LogP contribution < -0.4 is 15.5 Å². The fraction of sp³-hybridized carbons (Fsp3) is 0.321. The van der Waals surface area contributed by atoms with Crippen LogP contribution in [0.2, 0.25) is 0 Å². The molecule has 4 aromatic rings. The molecule has 2 aliphatic rings. The number of benzene rings is 1. The van der Waals surface area contributed by atoms with Crippen molar-refractivity contribution in [2.45, 2.75) is 38.8 Å². The van der Waals surface area contributed by atoms with Crippen LogP contribution in [0.5, 0.6) is 0 Å². The zero-order valence-electron chi connectivity index (χ0n) is 20.8. The number of pyridine rings is 2. The first-order valence-electron chi connectivity index (χ1n) is 12.6. The zero-order valence-corrected chi connectivity index (χ0v) is 20.8. The van der Waals surface area contributed by atoms with Crippen molar-refractivity contribution in [2.75, 3.05) is 23.3 Å². The number of imidazole rings is 1. The van der Waals surface area contributed by atoms with Gasteiger partial charge in [0.05, 0.1) is 40.6 Å². The maximum Gasteiger partial charge on any atom is 0.254 e. The lowest BCUT2D eigenvalue weighted by Crippen LogP contribution is -2.44. The average Bonchev–Trinajstić information content (AvgIpc) is 3.48. The standard InChI is InChI=1S/C28H29FN6O2/c1-28(2,37)17-4-3-10-34(16-17)19-5-8-24(30-13-19)33-22-7-6-20(21-14-32-27(36)26(21)22)23-15-31-25-12-18(29)9-11-35(23)25/h5-9,11-13,15,17,37H,3-4,10,14,16H2,1-2H3,(H,30,33)(H,32,36)/t17-/m1/s1. The van der Waals surface area contributed by atoms with E-state index in [0.29, 0.717) is 29.3 Å². The van der Waals surface area contributed by atoms with Crippen LogP contribution >= 0.6 is 0 Å². The molecule has 190 valence electrons. The van der Waals surface area contributed by atoms with Gasteiger partial charge in [-0.2, -0.15) is 0 Å². The second kappa shape index (κ2) is 8.85. The molecular weight excluding hydrogens is 471 g/mol. The Morgan fingerprint density at radius 3 is 2.81 bits per heavy atom. The van der Waals surface area contributed by atoms with Gasteiger partial charge in [-0.1, -0.05) is 6.07 Å². The van der Waals surface area contributed by atoms with Crippen LogP contribution in [0.25, 0.3) is 16.9 Å². The highest BCUT2D eigenvalue weighted by Crippen LogP contribution is 2.36. The number of aliphatic hydroxyl groups is 1. The number of nitrogens with one attached hydrogen (secondary N) is 2. The van der Waals surface area contributed by atoms with Gasteiger partial charge in [0.1, 0.15) is 17.3 Å². The number of hydrogen-bond acceptors (Lipinski definition) is 6. The van der Waals surface area contributed by atoms with Crippen molar-refractivity contribution in [3.8, 4) is 11.3 Å². The molecule has 0 radical (unpaired) electrons. The van der Waals surface area contributed by atoms with Crippen molar-refractivity contribution in [3.63, 3.8) is 0 Å². The second-order valence-electron chi connectivity index (χ2n) is 10.4. The third kappa shape index (κ3) is 4.29. The molecule has 5 heterocycles. The van der Waals surface area contributed by atoms with E-state index in [1.807, 2.05) is 48.7 Å². The van der Waals surface area contributed by atoms with E-state index in [9.17, 15) is 14.3 Å². The molecule has 3 N–H and O–H groups in total. The Kier molecular flexibility index (Phi) is 5.60. The number of amides is 1. The van der Waals surface area contributed by atoms with Crippen LogP contribution in [0.1, 0.15) is 42.6 Å². The largest absolute Gasteiger partial charge is 0.390 e. The third-order valence-electron chi connectivity index (χ3n) is 7.51. The molecule has 0 aliphatic carbocycles. The van der Waals surface area contributed by atoms with Gasteiger partial charge in [-0.05, 0) is 56.5 Å². The summed E-state index contributed by atoms with van der Waals surface area (Å²) in [6.45, 7) is 5.88. The van der Waals surface area contributed by atoms with Crippen molar-refractivity contribution in [2.24, 2.45) is 5.92 Å². The van der Waals surface area contributed by atoms with Crippen LogP contribution in [0.15, 0.2) is 55.0 Å². The Morgan fingerprint density at radius 1 is 1.16 bits per heavy atom. The van der Waals surface area contributed by atoms with E-state index in [4.69, 9.17) is 0 Å². The van der Waals surface area contributed by atoms with Gasteiger partial charge >= 0.3 is 0 Å². The van der Waals surface area contributed by atoms with Gasteiger partial charge in [0.25, 0.3) is 5.91 Å². The van der Waals surface area contributed by atoms with Crippen LogP contribution in [0, 0.1) is 11.7 Å². The van der Waals surface area contributed by atoms with Gasteiger partial charge < -0.3 is 20.6 Å². The number of carbonyl (C=O) groups is 1. The molecule has 8 nitrogen and oxygen atoms in total. The zero-order chi connectivity index (χ0) is 25.7. The van der Waals surface area contributed by atoms with Crippen molar-refractivity contribution in [3.05, 3.63) is 71.9 Å². The lowest BCUT2D eigenvalue weighted by atomic mass is 9.84. The lowest BCUT2D eigenvalue weighted by molar-refractivity contribution is 0.0110. The Hall–Kier alpha value is -3.98. The summed E-state index contributed by atoms with van der Waals surface area (Å²) < 4.78 is 15.5. The van der Waals surface area contributed by atoms with Gasteiger partial charge in [0.15, 0.2) is 0 Å². The van der Waals surface area contributed by atoms with E-state index in [1.54, 1.807) is 12.4 Å². The molecule has 0 saturated carbocycles. The number of anilines is 3. The summed E-state index contributed by atoms with van der Waals surface area (Å²) in [6.07, 6.45) is 7.23. The highest BCUT2D eigenvalue weighted by atomic mass is 19.1. The average molecular weight is 501 g/mol. The van der Waals surface area contributed by atoms with E-state index in [-0.39, 0.29) is 17.6 Å². The summed E-state index contributed by atoms with van der Waals surface area (Å²) in [5.41, 5.74) is 4.59. The van der Waals surface area contributed by atoms with Gasteiger partial charge in [-0.25, -0.2) is 14.4 Å². The van der Waals surface area contributed by atoms with Crippen molar-refractivity contribution >= 4 is 28.7 Å². The predicted octanol–water partition coefficient (Wildman–Crippen LogP) is 4.51. The second-order valence-corrected chi connectivity index (χ2v) is 10.4. The molecule has 1 atom stereocenters. The monoisotopic (exact) mass is 500 g/mol. The number of halogens is 1. The van der Waals surface area contributed by atoms with Gasteiger partial charge in [-0.15, -0.1) is 0 Å². The number of hydrogen-bond donors (Lipinski definition) is 3. The predicted molar refractivity (Wildman–Crippen MR) is 141 cm³/mol. The molecule has 0 spiro atoms. The quantitative estimate of drug-likeness (QED) is 0.373. The maximum absolute atomic E-state index is 13.6. The van der Waals surface area contributed by atoms with Crippen LogP contribution in [-0.4, -0.2) is 44.1 Å². The number of carbonyl (C=O) groups excluding carboxylic acids is 1. The van der Waals surface area contributed by atoms with Gasteiger partial charge in [0, 0.05) is 43.4 Å². The summed E-state index contributed by atoms with van der Waals surface area (Å²) in [4.78, 5) is 24.0. The Balaban J connectivity index is 1.27. The first kappa shape index (κ1) is 23.4. The fourth-order valence-corrected chi connectivity index (χ4v) is 5.42. The molecule has 1 saturated heterocycles. The summed E-state index contributed by atoms with van der Waals surface area (Å²) in [5.74, 6) is 0.356. The molecule has 1 aromatic carbocycles. The number of rotatable bonds is 5. The Morgan fingerprint density at radius 2 is 2.03 bits per heavy atom. The van der Waals surface area contributed by atoms with E-state index < -0.39 is 5.60 Å². The molecule has 1 fully saturated rings. The lowest BCUT2D eigenvalue weighted by Gasteiger charge is -2.39. The smallest absolute Gasteiger partial charge is 0.254 e. The number of piperidine rings is 1. The van der Waals surface area contributed by atoms with Gasteiger partial charge in [-0.3, -0.25) is 9.20 Å². The van der Waals surface area contributed by atoms with E-state index in [2.05, 4.69) is 25.5 Å². The molecule has 2 aliphatic heterocycles. The van der Waals surface area contributed by atoms with E-state index >= 15 is 0 Å².